The SMILES string of the molecule is CCOC(=O)c1c2c(nn1CCNC(=O)OC(C)(C)C)C[C@@H](C)N(C(=O)c1ccc(Cl)c(C(F)(F)F)c1)C2. The fraction of sp³-hybridized carbons (Fsp3) is 0.520. The molecule has 2 aromatic rings. The number of nitrogens with zero attached hydrogens (tertiary/aromatic N) is 3. The average molecular weight is 559 g/mol. The summed E-state index contributed by atoms with van der Waals surface area (Å²) in [6.07, 6.45) is -5.09. The second-order valence-electron chi connectivity index (χ2n) is 9.82. The number of amides is 2. The lowest BCUT2D eigenvalue weighted by molar-refractivity contribution is -0.137. The van der Waals surface area contributed by atoms with Crippen LogP contribution in [0.25, 0.3) is 0 Å². The number of carbonyl (C=O) groups excluding carboxylic acids is 3. The van der Waals surface area contributed by atoms with Crippen molar-refractivity contribution in [2.24, 2.45) is 0 Å². The van der Waals surface area contributed by atoms with Crippen LogP contribution in [-0.4, -0.2) is 57.4 Å². The molecule has 0 saturated carbocycles. The number of aromatic nitrogens is 2. The highest BCUT2D eigenvalue weighted by Gasteiger charge is 2.37. The Morgan fingerprint density at radius 2 is 1.89 bits per heavy atom. The number of alkyl halides is 3. The number of esters is 1. The first kappa shape index (κ1) is 29.3. The molecule has 1 atom stereocenters. The lowest BCUT2D eigenvalue weighted by Gasteiger charge is -2.33. The molecule has 0 aliphatic carbocycles. The summed E-state index contributed by atoms with van der Waals surface area (Å²) < 4.78 is 51.9. The molecule has 1 aliphatic heterocycles. The minimum atomic E-state index is -4.72. The molecular formula is C25H30ClF3N4O5. The third kappa shape index (κ3) is 6.77. The van der Waals surface area contributed by atoms with Crippen molar-refractivity contribution < 1.29 is 37.0 Å². The number of carbonyl (C=O) groups is 3. The van der Waals surface area contributed by atoms with E-state index < -0.39 is 46.4 Å². The number of halogens is 4. The molecule has 0 radical (unpaired) electrons. The topological polar surface area (TPSA) is 103 Å². The molecule has 0 fully saturated rings. The summed E-state index contributed by atoms with van der Waals surface area (Å²) in [4.78, 5) is 39.5. The molecule has 0 unspecified atom stereocenters. The first-order valence-electron chi connectivity index (χ1n) is 12.0. The quantitative estimate of drug-likeness (QED) is 0.509. The Labute approximate surface area is 223 Å². The van der Waals surface area contributed by atoms with Gasteiger partial charge in [-0.15, -0.1) is 0 Å². The Morgan fingerprint density at radius 1 is 1.21 bits per heavy atom. The fourth-order valence-electron chi connectivity index (χ4n) is 4.08. The van der Waals surface area contributed by atoms with E-state index in [1.807, 2.05) is 0 Å². The molecule has 3 rings (SSSR count). The van der Waals surface area contributed by atoms with Gasteiger partial charge in [-0.2, -0.15) is 18.3 Å². The van der Waals surface area contributed by atoms with Gasteiger partial charge >= 0.3 is 18.2 Å². The Morgan fingerprint density at radius 3 is 2.50 bits per heavy atom. The molecule has 2 amide bonds. The van der Waals surface area contributed by atoms with E-state index in [0.29, 0.717) is 11.3 Å². The summed E-state index contributed by atoms with van der Waals surface area (Å²) in [6.45, 7) is 8.84. The van der Waals surface area contributed by atoms with E-state index in [-0.39, 0.29) is 43.9 Å². The highest BCUT2D eigenvalue weighted by atomic mass is 35.5. The van der Waals surface area contributed by atoms with Crippen LogP contribution in [0, 0.1) is 0 Å². The third-order valence-electron chi connectivity index (χ3n) is 5.72. The largest absolute Gasteiger partial charge is 0.461 e. The first-order chi connectivity index (χ1) is 17.6. The Kier molecular flexibility index (Phi) is 8.65. The maximum absolute atomic E-state index is 13.4. The van der Waals surface area contributed by atoms with Crippen LogP contribution in [0.2, 0.25) is 5.02 Å². The van der Waals surface area contributed by atoms with Gasteiger partial charge in [-0.25, -0.2) is 9.59 Å². The third-order valence-corrected chi connectivity index (χ3v) is 6.05. The van der Waals surface area contributed by atoms with E-state index in [1.165, 1.54) is 15.6 Å². The van der Waals surface area contributed by atoms with Crippen LogP contribution >= 0.6 is 11.6 Å². The van der Waals surface area contributed by atoms with Crippen LogP contribution in [0.5, 0.6) is 0 Å². The number of alkyl carbamates (subject to hydrolysis) is 1. The number of rotatable bonds is 6. The van der Waals surface area contributed by atoms with Crippen LogP contribution in [-0.2, 0) is 35.2 Å². The van der Waals surface area contributed by atoms with Gasteiger partial charge in [0.05, 0.1) is 36.0 Å². The zero-order valence-corrected chi connectivity index (χ0v) is 22.5. The second-order valence-corrected chi connectivity index (χ2v) is 10.2. The van der Waals surface area contributed by atoms with Gasteiger partial charge in [0, 0.05) is 30.1 Å². The molecule has 38 heavy (non-hydrogen) atoms. The van der Waals surface area contributed by atoms with Crippen molar-refractivity contribution in [3.63, 3.8) is 0 Å². The monoisotopic (exact) mass is 558 g/mol. The van der Waals surface area contributed by atoms with Gasteiger partial charge in [0.25, 0.3) is 5.91 Å². The van der Waals surface area contributed by atoms with Gasteiger partial charge in [-0.05, 0) is 52.8 Å². The van der Waals surface area contributed by atoms with Crippen LogP contribution in [0.3, 0.4) is 0 Å². The predicted octanol–water partition coefficient (Wildman–Crippen LogP) is 4.84. The van der Waals surface area contributed by atoms with E-state index in [1.54, 1.807) is 34.6 Å². The standard InChI is InChI=1S/C25H30ClF3N4O5/c1-6-37-22(35)20-16-13-32(21(34)15-7-8-18(26)17(12-15)25(27,28)29)14(2)11-19(16)31-33(20)10-9-30-23(36)38-24(3,4)5/h7-8,12,14H,6,9-11,13H2,1-5H3,(H,30,36)/t14-/m1/s1. The van der Waals surface area contributed by atoms with E-state index >= 15 is 0 Å². The van der Waals surface area contributed by atoms with Crippen molar-refractivity contribution in [2.75, 3.05) is 13.2 Å². The number of nitrogens with one attached hydrogen (secondary N) is 1. The van der Waals surface area contributed by atoms with Gasteiger partial charge in [0.1, 0.15) is 5.60 Å². The highest BCUT2D eigenvalue weighted by molar-refractivity contribution is 6.31. The van der Waals surface area contributed by atoms with Gasteiger partial charge < -0.3 is 19.7 Å². The summed E-state index contributed by atoms with van der Waals surface area (Å²) >= 11 is 5.71. The van der Waals surface area contributed by atoms with Gasteiger partial charge in [-0.3, -0.25) is 9.48 Å². The molecule has 1 N–H and O–H groups in total. The van der Waals surface area contributed by atoms with Crippen molar-refractivity contribution in [3.8, 4) is 0 Å². The summed E-state index contributed by atoms with van der Waals surface area (Å²) in [7, 11) is 0. The summed E-state index contributed by atoms with van der Waals surface area (Å²) in [5.41, 5.74) is -0.838. The molecule has 0 spiro atoms. The predicted molar refractivity (Wildman–Crippen MR) is 132 cm³/mol. The molecular weight excluding hydrogens is 529 g/mol. The number of ether oxygens (including phenoxy) is 2. The molecule has 13 heteroatoms. The van der Waals surface area contributed by atoms with Crippen LogP contribution in [0.4, 0.5) is 18.0 Å². The summed E-state index contributed by atoms with van der Waals surface area (Å²) in [6, 6.07) is 2.58. The lowest BCUT2D eigenvalue weighted by atomic mass is 9.98. The number of hydrogen-bond donors (Lipinski definition) is 1. The number of fused-ring (bicyclic) bond motifs is 1. The fourth-order valence-corrected chi connectivity index (χ4v) is 4.30. The lowest BCUT2D eigenvalue weighted by Crippen LogP contribution is -2.43. The summed E-state index contributed by atoms with van der Waals surface area (Å²) in [5.74, 6) is -1.30. The summed E-state index contributed by atoms with van der Waals surface area (Å²) in [5, 5.41) is 6.62. The molecule has 1 aromatic heterocycles. The maximum Gasteiger partial charge on any atom is 0.417 e. The Balaban J connectivity index is 1.88. The molecule has 2 heterocycles. The molecule has 9 nitrogen and oxygen atoms in total. The zero-order valence-electron chi connectivity index (χ0n) is 21.7. The van der Waals surface area contributed by atoms with Crippen molar-refractivity contribution in [3.05, 3.63) is 51.3 Å². The number of hydrogen-bond acceptors (Lipinski definition) is 6. The minimum absolute atomic E-state index is 0.0625. The van der Waals surface area contributed by atoms with Gasteiger partial charge in [0.2, 0.25) is 0 Å². The average Bonchev–Trinajstić information content (AvgIpc) is 3.13. The van der Waals surface area contributed by atoms with Gasteiger partial charge in [0.15, 0.2) is 5.69 Å². The first-order valence-corrected chi connectivity index (χ1v) is 12.4. The van der Waals surface area contributed by atoms with E-state index in [2.05, 4.69) is 10.4 Å². The van der Waals surface area contributed by atoms with Gasteiger partial charge in [-0.1, -0.05) is 11.6 Å². The van der Waals surface area contributed by atoms with E-state index in [4.69, 9.17) is 21.1 Å². The van der Waals surface area contributed by atoms with E-state index in [9.17, 15) is 27.6 Å². The molecule has 1 aromatic carbocycles. The minimum Gasteiger partial charge on any atom is -0.461 e. The molecule has 0 saturated heterocycles. The van der Waals surface area contributed by atoms with Crippen LogP contribution in [0.1, 0.15) is 72.3 Å². The number of benzene rings is 1. The van der Waals surface area contributed by atoms with Crippen molar-refractivity contribution in [1.29, 1.82) is 0 Å². The van der Waals surface area contributed by atoms with Crippen molar-refractivity contribution in [1.82, 2.24) is 20.0 Å². The maximum atomic E-state index is 13.4. The Bertz CT molecular complexity index is 1220. The molecule has 0 bridgehead atoms. The van der Waals surface area contributed by atoms with Crippen molar-refractivity contribution in [2.45, 2.75) is 71.9 Å². The van der Waals surface area contributed by atoms with E-state index in [0.717, 1.165) is 12.1 Å². The van der Waals surface area contributed by atoms with Crippen molar-refractivity contribution >= 4 is 29.6 Å². The molecule has 208 valence electrons. The second kappa shape index (κ2) is 11.2. The molecule has 1 aliphatic rings. The Hall–Kier alpha value is -3.28. The highest BCUT2D eigenvalue weighted by Crippen LogP contribution is 2.36. The van der Waals surface area contributed by atoms with Crippen LogP contribution < -0.4 is 5.32 Å². The van der Waals surface area contributed by atoms with Crippen LogP contribution in [0.15, 0.2) is 18.2 Å². The smallest absolute Gasteiger partial charge is 0.417 e. The normalized spacial score (nSPS) is 15.6. The zero-order chi connectivity index (χ0) is 28.4.